The summed E-state index contributed by atoms with van der Waals surface area (Å²) in [4.78, 5) is 7.21. The van der Waals surface area contributed by atoms with Gasteiger partial charge in [-0.15, -0.1) is 0 Å². The van der Waals surface area contributed by atoms with E-state index in [0.717, 1.165) is 0 Å². The average Bonchev–Trinajstić information content (AvgIpc) is 2.77. The van der Waals surface area contributed by atoms with E-state index in [0.29, 0.717) is 22.5 Å². The molecule has 0 atom stereocenters. The maximum absolute atomic E-state index is 15.0. The molecular formula is C22H23F2N7. The molecule has 0 unspecified atom stereocenters. The lowest BCUT2D eigenvalue weighted by Gasteiger charge is -2.25. The number of halogens is 2. The maximum atomic E-state index is 15.0. The van der Waals surface area contributed by atoms with Crippen molar-refractivity contribution in [2.24, 2.45) is 11.5 Å². The van der Waals surface area contributed by atoms with Crippen molar-refractivity contribution in [2.45, 2.75) is 6.92 Å². The molecule has 6 N–H and O–H groups in total. The van der Waals surface area contributed by atoms with Crippen LogP contribution in [0, 0.1) is 29.4 Å². The molecule has 0 radical (unpaired) electrons. The summed E-state index contributed by atoms with van der Waals surface area (Å²) in [5, 5.41) is 15.2. The van der Waals surface area contributed by atoms with Gasteiger partial charge in [0.15, 0.2) is 23.3 Å². The van der Waals surface area contributed by atoms with E-state index in [1.165, 1.54) is 16.7 Å². The number of rotatable bonds is 6. The highest BCUT2D eigenvalue weighted by molar-refractivity contribution is 5.96. The Labute approximate surface area is 178 Å². The summed E-state index contributed by atoms with van der Waals surface area (Å²) in [7, 11) is 3.20. The van der Waals surface area contributed by atoms with Crippen molar-refractivity contribution in [3.05, 3.63) is 76.9 Å². The molecule has 160 valence electrons. The van der Waals surface area contributed by atoms with Crippen molar-refractivity contribution < 1.29 is 8.78 Å². The molecule has 0 spiro atoms. The summed E-state index contributed by atoms with van der Waals surface area (Å²) >= 11 is 0. The first kappa shape index (κ1) is 21.7. The van der Waals surface area contributed by atoms with Crippen LogP contribution in [0.15, 0.2) is 48.5 Å². The average molecular weight is 423 g/mol. The van der Waals surface area contributed by atoms with E-state index < -0.39 is 11.6 Å². The van der Waals surface area contributed by atoms with Crippen molar-refractivity contribution in [3.8, 4) is 0 Å². The number of amidine groups is 2. The molecule has 0 aliphatic heterocycles. The Bertz CT molecular complexity index is 1090. The minimum absolute atomic E-state index is 0.0795. The highest BCUT2D eigenvalue weighted by Gasteiger charge is 2.23. The van der Waals surface area contributed by atoms with Gasteiger partial charge in [0, 0.05) is 42.2 Å². The number of hydrogen-bond donors (Lipinski definition) is 4. The first-order valence-electron chi connectivity index (χ1n) is 9.33. The summed E-state index contributed by atoms with van der Waals surface area (Å²) < 4.78 is 30.0. The van der Waals surface area contributed by atoms with E-state index in [-0.39, 0.29) is 28.9 Å². The first-order valence-corrected chi connectivity index (χ1v) is 9.33. The zero-order chi connectivity index (χ0) is 22.9. The molecule has 2 aromatic carbocycles. The quantitative estimate of drug-likeness (QED) is 0.355. The van der Waals surface area contributed by atoms with Crippen LogP contribution in [0.4, 0.5) is 31.8 Å². The number of nitrogens with two attached hydrogens (primary N) is 2. The molecule has 9 heteroatoms. The lowest BCUT2D eigenvalue weighted by Crippen LogP contribution is -2.21. The zero-order valence-electron chi connectivity index (χ0n) is 17.4. The van der Waals surface area contributed by atoms with Crippen molar-refractivity contribution in [2.75, 3.05) is 23.9 Å². The second-order valence-corrected chi connectivity index (χ2v) is 7.06. The highest BCUT2D eigenvalue weighted by atomic mass is 19.1. The fraction of sp³-hybridized carbons (Fsp3) is 0.136. The largest absolute Gasteiger partial charge is 0.384 e. The van der Waals surface area contributed by atoms with Crippen molar-refractivity contribution in [1.29, 1.82) is 10.8 Å². The Morgan fingerprint density at radius 3 is 1.55 bits per heavy atom. The predicted molar refractivity (Wildman–Crippen MR) is 120 cm³/mol. The Kier molecular flexibility index (Phi) is 5.87. The number of pyridine rings is 1. The Hall–Kier alpha value is -4.01. The second kappa shape index (κ2) is 8.39. The smallest absolute Gasteiger partial charge is 0.172 e. The summed E-state index contributed by atoms with van der Waals surface area (Å²) in [6.07, 6.45) is 0. The fourth-order valence-corrected chi connectivity index (χ4v) is 3.08. The number of hydrogen-bond acceptors (Lipinski definition) is 5. The van der Waals surface area contributed by atoms with Gasteiger partial charge < -0.3 is 21.3 Å². The van der Waals surface area contributed by atoms with E-state index in [2.05, 4.69) is 4.98 Å². The minimum atomic E-state index is -0.789. The number of benzene rings is 2. The van der Waals surface area contributed by atoms with Crippen LogP contribution in [-0.2, 0) is 0 Å². The van der Waals surface area contributed by atoms with Crippen LogP contribution in [0.3, 0.4) is 0 Å². The molecule has 7 nitrogen and oxygen atoms in total. The molecule has 3 rings (SSSR count). The summed E-state index contributed by atoms with van der Waals surface area (Å²) in [6, 6.07) is 13.4. The second-order valence-electron chi connectivity index (χ2n) is 7.06. The normalized spacial score (nSPS) is 10.6. The molecule has 0 fully saturated rings. The van der Waals surface area contributed by atoms with Gasteiger partial charge in [0.1, 0.15) is 11.7 Å². The number of nitrogens with one attached hydrogen (secondary N) is 2. The van der Waals surface area contributed by atoms with Gasteiger partial charge in [-0.25, -0.2) is 13.8 Å². The summed E-state index contributed by atoms with van der Waals surface area (Å²) in [5.74, 6) is -1.98. The van der Waals surface area contributed by atoms with Gasteiger partial charge >= 0.3 is 0 Å². The van der Waals surface area contributed by atoms with E-state index in [1.54, 1.807) is 62.6 Å². The van der Waals surface area contributed by atoms with Gasteiger partial charge in [0.25, 0.3) is 0 Å². The Morgan fingerprint density at radius 1 is 0.806 bits per heavy atom. The fourth-order valence-electron chi connectivity index (χ4n) is 3.08. The molecule has 0 bridgehead atoms. The summed E-state index contributed by atoms with van der Waals surface area (Å²) in [6.45, 7) is 1.35. The van der Waals surface area contributed by atoms with Gasteiger partial charge in [-0.2, -0.15) is 0 Å². The molecule has 0 saturated carbocycles. The highest BCUT2D eigenvalue weighted by Crippen LogP contribution is 2.34. The van der Waals surface area contributed by atoms with Gasteiger partial charge in [0.05, 0.1) is 0 Å². The molecule has 1 heterocycles. The maximum Gasteiger partial charge on any atom is 0.172 e. The Balaban J connectivity index is 2.10. The zero-order valence-corrected chi connectivity index (χ0v) is 17.4. The van der Waals surface area contributed by atoms with Gasteiger partial charge in [-0.3, -0.25) is 10.8 Å². The van der Waals surface area contributed by atoms with Crippen LogP contribution in [0.2, 0.25) is 0 Å². The first-order chi connectivity index (χ1) is 14.6. The molecule has 0 aliphatic carbocycles. The standard InChI is InChI=1S/C22H23F2N7/c1-12-17(23)21(30(2)15-8-4-6-13(10-15)19(25)26)29-22(18(12)24)31(3)16-9-5-7-14(11-16)20(27)28/h4-11H,1-3H3,(H3,25,26)(H3,27,28). The number of anilines is 4. The monoisotopic (exact) mass is 423 g/mol. The molecule has 31 heavy (non-hydrogen) atoms. The predicted octanol–water partition coefficient (Wildman–Crippen LogP) is 3.77. The van der Waals surface area contributed by atoms with E-state index in [1.807, 2.05) is 0 Å². The van der Waals surface area contributed by atoms with Crippen LogP contribution >= 0.6 is 0 Å². The van der Waals surface area contributed by atoms with E-state index in [4.69, 9.17) is 22.3 Å². The molecular weight excluding hydrogens is 400 g/mol. The third-order valence-corrected chi connectivity index (χ3v) is 4.99. The lowest BCUT2D eigenvalue weighted by atomic mass is 10.1. The van der Waals surface area contributed by atoms with Crippen LogP contribution < -0.4 is 21.3 Å². The summed E-state index contributed by atoms with van der Waals surface area (Å²) in [5.41, 5.74) is 13.0. The Morgan fingerprint density at radius 2 is 1.19 bits per heavy atom. The van der Waals surface area contributed by atoms with Crippen LogP contribution in [0.25, 0.3) is 0 Å². The van der Waals surface area contributed by atoms with Crippen molar-refractivity contribution in [3.63, 3.8) is 0 Å². The van der Waals surface area contributed by atoms with Crippen LogP contribution in [0.5, 0.6) is 0 Å². The third-order valence-electron chi connectivity index (χ3n) is 4.99. The number of aromatic nitrogens is 1. The van der Waals surface area contributed by atoms with E-state index in [9.17, 15) is 8.78 Å². The van der Waals surface area contributed by atoms with Crippen LogP contribution in [-0.4, -0.2) is 30.8 Å². The number of nitrogens with zero attached hydrogens (tertiary/aromatic N) is 3. The molecule has 0 saturated heterocycles. The van der Waals surface area contributed by atoms with Crippen molar-refractivity contribution >= 4 is 34.7 Å². The van der Waals surface area contributed by atoms with Crippen molar-refractivity contribution in [1.82, 2.24) is 4.98 Å². The molecule has 0 aliphatic rings. The number of nitrogen functional groups attached to an aromatic ring is 2. The molecule has 3 aromatic rings. The lowest BCUT2D eigenvalue weighted by molar-refractivity contribution is 0.559. The molecule has 1 aromatic heterocycles. The topological polar surface area (TPSA) is 119 Å². The van der Waals surface area contributed by atoms with E-state index >= 15 is 0 Å². The van der Waals surface area contributed by atoms with Gasteiger partial charge in [0.2, 0.25) is 0 Å². The van der Waals surface area contributed by atoms with Gasteiger partial charge in [-0.05, 0) is 31.2 Å². The van der Waals surface area contributed by atoms with Crippen LogP contribution in [0.1, 0.15) is 16.7 Å². The minimum Gasteiger partial charge on any atom is -0.384 e. The molecule has 0 amide bonds. The SMILES string of the molecule is Cc1c(F)c(N(C)c2cccc(C(=N)N)c2)nc(N(C)c2cccc(C(=N)N)c2)c1F. The van der Waals surface area contributed by atoms with Gasteiger partial charge in [-0.1, -0.05) is 24.3 Å². The third kappa shape index (κ3) is 4.16.